The number of anilines is 1. The molecular weight excluding hydrogens is 462 g/mol. The number of rotatable bonds is 8. The Morgan fingerprint density at radius 2 is 1.97 bits per heavy atom. The maximum absolute atomic E-state index is 13.4. The van der Waals surface area contributed by atoms with E-state index in [-0.39, 0.29) is 17.3 Å². The van der Waals surface area contributed by atoms with Crippen molar-refractivity contribution in [2.24, 2.45) is 11.8 Å². The van der Waals surface area contributed by atoms with Gasteiger partial charge in [0.25, 0.3) is 0 Å². The van der Waals surface area contributed by atoms with Crippen molar-refractivity contribution in [2.75, 3.05) is 11.9 Å². The number of nitrogens with zero attached hydrogens (tertiary/aromatic N) is 2. The fraction of sp³-hybridized carbons (Fsp3) is 0.348. The van der Waals surface area contributed by atoms with E-state index in [0.29, 0.717) is 41.3 Å². The summed E-state index contributed by atoms with van der Waals surface area (Å²) in [4.78, 5) is 21.8. The second-order valence-corrected chi connectivity index (χ2v) is 8.41. The van der Waals surface area contributed by atoms with E-state index in [0.717, 1.165) is 12.5 Å². The third kappa shape index (κ3) is 5.35. The van der Waals surface area contributed by atoms with Gasteiger partial charge in [-0.1, -0.05) is 23.7 Å². The first-order valence-electron chi connectivity index (χ1n) is 10.4. The molecule has 2 atom stereocenters. The molecule has 0 aliphatic heterocycles. The SMILES string of the molecule is O=C(c1ccccc1OC(F)(F)C(F)F)C1CC[C@@H](CNc2cnc3cc(Cl)ccc3n2)C1. The lowest BCUT2D eigenvalue weighted by Gasteiger charge is -2.19. The van der Waals surface area contributed by atoms with Gasteiger partial charge < -0.3 is 10.1 Å². The molecule has 1 unspecified atom stereocenters. The van der Waals surface area contributed by atoms with Crippen molar-refractivity contribution in [1.29, 1.82) is 0 Å². The van der Waals surface area contributed by atoms with Gasteiger partial charge in [-0.15, -0.1) is 0 Å². The Kier molecular flexibility index (Phi) is 6.69. The molecule has 1 aromatic heterocycles. The van der Waals surface area contributed by atoms with Crippen molar-refractivity contribution >= 4 is 34.2 Å². The lowest BCUT2D eigenvalue weighted by atomic mass is 9.94. The molecule has 4 rings (SSSR count). The summed E-state index contributed by atoms with van der Waals surface area (Å²) in [5.74, 6) is -0.599. The van der Waals surface area contributed by atoms with E-state index < -0.39 is 24.2 Å². The Bertz CT molecular complexity index is 1160. The van der Waals surface area contributed by atoms with Crippen LogP contribution in [0.1, 0.15) is 29.6 Å². The zero-order chi connectivity index (χ0) is 23.6. The van der Waals surface area contributed by atoms with Crippen LogP contribution in [0.5, 0.6) is 5.75 Å². The maximum Gasteiger partial charge on any atom is 0.461 e. The molecule has 0 spiro atoms. The number of hydrogen-bond acceptors (Lipinski definition) is 5. The minimum Gasteiger partial charge on any atom is -0.428 e. The predicted octanol–water partition coefficient (Wildman–Crippen LogP) is 6.23. The van der Waals surface area contributed by atoms with Gasteiger partial charge in [-0.05, 0) is 55.5 Å². The summed E-state index contributed by atoms with van der Waals surface area (Å²) in [5, 5.41) is 3.80. The Hall–Kier alpha value is -2.94. The van der Waals surface area contributed by atoms with Crippen LogP contribution in [0.4, 0.5) is 23.4 Å². The van der Waals surface area contributed by atoms with Gasteiger partial charge in [0.1, 0.15) is 11.6 Å². The van der Waals surface area contributed by atoms with Crippen LogP contribution < -0.4 is 10.1 Å². The van der Waals surface area contributed by atoms with Gasteiger partial charge in [0.2, 0.25) is 0 Å². The van der Waals surface area contributed by atoms with Gasteiger partial charge in [0.15, 0.2) is 5.78 Å². The van der Waals surface area contributed by atoms with Crippen LogP contribution in [0.25, 0.3) is 11.0 Å². The average Bonchev–Trinajstić information content (AvgIpc) is 3.26. The van der Waals surface area contributed by atoms with Crippen LogP contribution >= 0.6 is 11.6 Å². The van der Waals surface area contributed by atoms with Crippen LogP contribution in [0.15, 0.2) is 48.7 Å². The van der Waals surface area contributed by atoms with Gasteiger partial charge in [-0.3, -0.25) is 9.78 Å². The fourth-order valence-corrected chi connectivity index (χ4v) is 4.15. The van der Waals surface area contributed by atoms with Crippen LogP contribution in [-0.4, -0.2) is 34.8 Å². The molecule has 2 aromatic carbocycles. The standard InChI is InChI=1S/C23H20ClF4N3O2/c24-15-7-8-17-18(10-15)29-12-20(31-17)30-11-13-5-6-14(9-13)21(32)16-3-1-2-4-19(16)33-23(27,28)22(25)26/h1-4,7-8,10,12-14,22H,5-6,9,11H2,(H,30,31)/t13-,14?/m1/s1. The molecule has 1 saturated carbocycles. The molecule has 1 aliphatic carbocycles. The summed E-state index contributed by atoms with van der Waals surface area (Å²) in [6, 6.07) is 10.5. The smallest absolute Gasteiger partial charge is 0.428 e. The first-order chi connectivity index (χ1) is 15.7. The van der Waals surface area contributed by atoms with E-state index in [1.807, 2.05) is 0 Å². The number of alkyl halides is 4. The minimum atomic E-state index is -4.68. The van der Waals surface area contributed by atoms with Crippen LogP contribution in [0, 0.1) is 11.8 Å². The molecule has 33 heavy (non-hydrogen) atoms. The summed E-state index contributed by atoms with van der Waals surface area (Å²) in [6.07, 6.45) is -5.24. The van der Waals surface area contributed by atoms with E-state index in [1.54, 1.807) is 24.4 Å². The Morgan fingerprint density at radius 1 is 1.18 bits per heavy atom. The molecule has 174 valence electrons. The van der Waals surface area contributed by atoms with Gasteiger partial charge in [0, 0.05) is 17.5 Å². The van der Waals surface area contributed by atoms with E-state index >= 15 is 0 Å². The molecule has 5 nitrogen and oxygen atoms in total. The second-order valence-electron chi connectivity index (χ2n) is 7.97. The summed E-state index contributed by atoms with van der Waals surface area (Å²) in [5.41, 5.74) is 1.26. The van der Waals surface area contributed by atoms with Crippen LogP contribution in [-0.2, 0) is 0 Å². The number of nitrogens with one attached hydrogen (secondary N) is 1. The zero-order valence-corrected chi connectivity index (χ0v) is 18.0. The molecule has 0 saturated heterocycles. The number of benzene rings is 2. The molecule has 3 aromatic rings. The highest BCUT2D eigenvalue weighted by atomic mass is 35.5. The van der Waals surface area contributed by atoms with Gasteiger partial charge in [-0.2, -0.15) is 17.6 Å². The third-order valence-electron chi connectivity index (χ3n) is 5.64. The van der Waals surface area contributed by atoms with E-state index in [9.17, 15) is 22.4 Å². The average molecular weight is 482 g/mol. The number of ether oxygens (including phenoxy) is 1. The quantitative estimate of drug-likeness (QED) is 0.305. The Balaban J connectivity index is 1.38. The van der Waals surface area contributed by atoms with E-state index in [2.05, 4.69) is 20.0 Å². The Labute approximate surface area is 192 Å². The lowest BCUT2D eigenvalue weighted by Crippen LogP contribution is -2.34. The van der Waals surface area contributed by atoms with Crippen LogP contribution in [0.2, 0.25) is 5.02 Å². The number of aromatic nitrogens is 2. The summed E-state index contributed by atoms with van der Waals surface area (Å²) < 4.78 is 56.0. The topological polar surface area (TPSA) is 64.1 Å². The summed E-state index contributed by atoms with van der Waals surface area (Å²) >= 11 is 5.96. The van der Waals surface area contributed by atoms with Gasteiger partial charge in [0.05, 0.1) is 22.8 Å². The number of carbonyl (C=O) groups excluding carboxylic acids is 1. The second kappa shape index (κ2) is 9.51. The highest BCUT2D eigenvalue weighted by Crippen LogP contribution is 2.37. The van der Waals surface area contributed by atoms with Crippen molar-refractivity contribution in [3.8, 4) is 5.75 Å². The van der Waals surface area contributed by atoms with E-state index in [1.165, 1.54) is 18.2 Å². The normalized spacial score (nSPS) is 18.6. The van der Waals surface area contributed by atoms with Crippen molar-refractivity contribution in [2.45, 2.75) is 31.8 Å². The summed E-state index contributed by atoms with van der Waals surface area (Å²) in [7, 11) is 0. The molecule has 1 fully saturated rings. The Morgan fingerprint density at radius 3 is 2.76 bits per heavy atom. The molecule has 1 heterocycles. The fourth-order valence-electron chi connectivity index (χ4n) is 3.99. The van der Waals surface area contributed by atoms with Crippen LogP contribution in [0.3, 0.4) is 0 Å². The summed E-state index contributed by atoms with van der Waals surface area (Å²) in [6.45, 7) is 0.555. The molecule has 1 N–H and O–H groups in total. The molecule has 0 bridgehead atoms. The number of para-hydroxylation sites is 1. The number of carbonyl (C=O) groups is 1. The largest absolute Gasteiger partial charge is 0.461 e. The van der Waals surface area contributed by atoms with Crippen molar-refractivity contribution in [3.63, 3.8) is 0 Å². The maximum atomic E-state index is 13.4. The first-order valence-corrected chi connectivity index (χ1v) is 10.7. The molecule has 0 amide bonds. The number of Topliss-reactive ketones (excluding diaryl/α,β-unsaturated/α-hetero) is 1. The minimum absolute atomic E-state index is 0.115. The van der Waals surface area contributed by atoms with Crippen molar-refractivity contribution in [1.82, 2.24) is 9.97 Å². The van der Waals surface area contributed by atoms with E-state index in [4.69, 9.17) is 11.6 Å². The molecule has 1 aliphatic rings. The third-order valence-corrected chi connectivity index (χ3v) is 5.88. The number of fused-ring (bicyclic) bond motifs is 1. The van der Waals surface area contributed by atoms with Gasteiger partial charge >= 0.3 is 12.5 Å². The number of halogens is 5. The highest BCUT2D eigenvalue weighted by Gasteiger charge is 2.45. The number of hydrogen-bond donors (Lipinski definition) is 1. The number of ketones is 1. The molecular formula is C23H20ClF4N3O2. The van der Waals surface area contributed by atoms with Crippen molar-refractivity contribution in [3.05, 3.63) is 59.2 Å². The molecule has 10 heteroatoms. The highest BCUT2D eigenvalue weighted by molar-refractivity contribution is 6.31. The monoisotopic (exact) mass is 481 g/mol. The van der Waals surface area contributed by atoms with Crippen molar-refractivity contribution < 1.29 is 27.1 Å². The lowest BCUT2D eigenvalue weighted by molar-refractivity contribution is -0.253. The molecule has 0 radical (unpaired) electrons. The predicted molar refractivity (Wildman–Crippen MR) is 116 cm³/mol. The van der Waals surface area contributed by atoms with Gasteiger partial charge in [-0.25, -0.2) is 4.98 Å². The zero-order valence-electron chi connectivity index (χ0n) is 17.3. The first kappa shape index (κ1) is 23.2.